The first-order valence-electron chi connectivity index (χ1n) is 4.64. The van der Waals surface area contributed by atoms with Crippen LogP contribution in [0.25, 0.3) is 0 Å². The summed E-state index contributed by atoms with van der Waals surface area (Å²) in [6.07, 6.45) is 2.27. The number of nitrogens with one attached hydrogen (secondary N) is 1. The fourth-order valence-electron chi connectivity index (χ4n) is 1.10. The summed E-state index contributed by atoms with van der Waals surface area (Å²) in [6, 6.07) is 3.43. The van der Waals surface area contributed by atoms with Gasteiger partial charge in [0.05, 0.1) is 18.2 Å². The highest BCUT2D eigenvalue weighted by atomic mass is 35.5. The van der Waals surface area contributed by atoms with Crippen LogP contribution in [-0.4, -0.2) is 22.7 Å². The predicted octanol–water partition coefficient (Wildman–Crippen LogP) is 1.79. The second-order valence-corrected chi connectivity index (χ2v) is 3.44. The summed E-state index contributed by atoms with van der Waals surface area (Å²) in [4.78, 5) is 4.02. The van der Waals surface area contributed by atoms with Gasteiger partial charge in [0.15, 0.2) is 0 Å². The minimum Gasteiger partial charge on any atom is -0.394 e. The van der Waals surface area contributed by atoms with Crippen LogP contribution in [0.1, 0.15) is 18.9 Å². The van der Waals surface area contributed by atoms with Crippen molar-refractivity contribution >= 4 is 17.4 Å². The van der Waals surface area contributed by atoms with Crippen molar-refractivity contribution in [1.29, 1.82) is 5.26 Å². The monoisotopic (exact) mass is 225 g/mol. The van der Waals surface area contributed by atoms with Gasteiger partial charge in [0.2, 0.25) is 0 Å². The molecule has 0 aliphatic rings. The SMILES string of the molecule is CCC(CO)Nc1nccc(C#N)c1Cl. The Hall–Kier alpha value is -1.31. The lowest BCUT2D eigenvalue weighted by Crippen LogP contribution is -2.23. The van der Waals surface area contributed by atoms with Crippen molar-refractivity contribution < 1.29 is 5.11 Å². The Morgan fingerprint density at radius 3 is 3.00 bits per heavy atom. The average molecular weight is 226 g/mol. The molecule has 80 valence electrons. The van der Waals surface area contributed by atoms with E-state index in [1.165, 1.54) is 6.20 Å². The zero-order valence-corrected chi connectivity index (χ0v) is 9.12. The van der Waals surface area contributed by atoms with Crippen LogP contribution < -0.4 is 5.32 Å². The largest absolute Gasteiger partial charge is 0.394 e. The summed E-state index contributed by atoms with van der Waals surface area (Å²) in [5, 5.41) is 21.0. The topological polar surface area (TPSA) is 68.9 Å². The normalized spacial score (nSPS) is 11.9. The summed E-state index contributed by atoms with van der Waals surface area (Å²) >= 11 is 5.94. The molecule has 0 saturated heterocycles. The quantitative estimate of drug-likeness (QED) is 0.820. The highest BCUT2D eigenvalue weighted by molar-refractivity contribution is 6.34. The van der Waals surface area contributed by atoms with Crippen molar-refractivity contribution in [2.24, 2.45) is 0 Å². The minimum atomic E-state index is -0.0936. The Morgan fingerprint density at radius 1 is 1.73 bits per heavy atom. The van der Waals surface area contributed by atoms with Crippen molar-refractivity contribution in [1.82, 2.24) is 4.98 Å². The van der Waals surface area contributed by atoms with Gasteiger partial charge >= 0.3 is 0 Å². The van der Waals surface area contributed by atoms with E-state index in [4.69, 9.17) is 22.0 Å². The third-order valence-electron chi connectivity index (χ3n) is 2.06. The van der Waals surface area contributed by atoms with Crippen LogP contribution in [0, 0.1) is 11.3 Å². The fourth-order valence-corrected chi connectivity index (χ4v) is 1.31. The second-order valence-electron chi connectivity index (χ2n) is 3.06. The smallest absolute Gasteiger partial charge is 0.146 e. The van der Waals surface area contributed by atoms with Gasteiger partial charge in [0, 0.05) is 6.20 Å². The molecule has 2 N–H and O–H groups in total. The fraction of sp³-hybridized carbons (Fsp3) is 0.400. The van der Waals surface area contributed by atoms with Crippen molar-refractivity contribution in [3.63, 3.8) is 0 Å². The van der Waals surface area contributed by atoms with E-state index in [9.17, 15) is 0 Å². The van der Waals surface area contributed by atoms with Crippen molar-refractivity contribution in [3.8, 4) is 6.07 Å². The van der Waals surface area contributed by atoms with E-state index in [1.807, 2.05) is 13.0 Å². The van der Waals surface area contributed by atoms with Gasteiger partial charge in [-0.25, -0.2) is 4.98 Å². The van der Waals surface area contributed by atoms with Gasteiger partial charge in [-0.05, 0) is 12.5 Å². The maximum atomic E-state index is 9.01. The van der Waals surface area contributed by atoms with Crippen LogP contribution >= 0.6 is 11.6 Å². The summed E-state index contributed by atoms with van der Waals surface area (Å²) in [5.74, 6) is 0.441. The highest BCUT2D eigenvalue weighted by Crippen LogP contribution is 2.23. The molecule has 15 heavy (non-hydrogen) atoms. The molecule has 0 aliphatic heterocycles. The summed E-state index contributed by atoms with van der Waals surface area (Å²) < 4.78 is 0. The Bertz CT molecular complexity index is 371. The zero-order valence-electron chi connectivity index (χ0n) is 8.37. The minimum absolute atomic E-state index is 0.00525. The Kier molecular flexibility index (Phi) is 4.35. The Balaban J connectivity index is 2.91. The van der Waals surface area contributed by atoms with Crippen molar-refractivity contribution in [2.75, 3.05) is 11.9 Å². The molecule has 1 aromatic heterocycles. The van der Waals surface area contributed by atoms with Gasteiger partial charge in [-0.2, -0.15) is 5.26 Å². The molecule has 1 aromatic rings. The zero-order chi connectivity index (χ0) is 11.3. The average Bonchev–Trinajstić information content (AvgIpc) is 2.28. The Labute approximate surface area is 93.5 Å². The van der Waals surface area contributed by atoms with Gasteiger partial charge in [0.25, 0.3) is 0 Å². The number of aliphatic hydroxyl groups excluding tert-OH is 1. The first kappa shape index (κ1) is 11.8. The molecule has 1 heterocycles. The molecular formula is C10H12ClN3O. The van der Waals surface area contributed by atoms with E-state index >= 15 is 0 Å². The third kappa shape index (κ3) is 2.82. The molecule has 1 atom stereocenters. The van der Waals surface area contributed by atoms with Crippen LogP contribution in [-0.2, 0) is 0 Å². The molecule has 0 aromatic carbocycles. The molecular weight excluding hydrogens is 214 g/mol. The van der Waals surface area contributed by atoms with Crippen molar-refractivity contribution in [2.45, 2.75) is 19.4 Å². The maximum absolute atomic E-state index is 9.01. The molecule has 0 fully saturated rings. The van der Waals surface area contributed by atoms with E-state index in [2.05, 4.69) is 10.3 Å². The van der Waals surface area contributed by atoms with E-state index in [0.717, 1.165) is 6.42 Å². The molecule has 1 unspecified atom stereocenters. The number of rotatable bonds is 4. The molecule has 1 rings (SSSR count). The number of aromatic nitrogens is 1. The lowest BCUT2D eigenvalue weighted by molar-refractivity contribution is 0.271. The molecule has 0 saturated carbocycles. The molecule has 5 heteroatoms. The van der Waals surface area contributed by atoms with Gasteiger partial charge in [0.1, 0.15) is 16.9 Å². The van der Waals surface area contributed by atoms with E-state index < -0.39 is 0 Å². The first-order valence-corrected chi connectivity index (χ1v) is 5.02. The number of hydrogen-bond donors (Lipinski definition) is 2. The second kappa shape index (κ2) is 5.54. The van der Waals surface area contributed by atoms with Crippen LogP contribution in [0.4, 0.5) is 5.82 Å². The van der Waals surface area contributed by atoms with Crippen molar-refractivity contribution in [3.05, 3.63) is 22.8 Å². The van der Waals surface area contributed by atoms with E-state index in [0.29, 0.717) is 16.4 Å². The van der Waals surface area contributed by atoms with E-state index in [1.54, 1.807) is 6.07 Å². The number of nitrogens with zero attached hydrogens (tertiary/aromatic N) is 2. The molecule has 4 nitrogen and oxygen atoms in total. The van der Waals surface area contributed by atoms with Crippen LogP contribution in [0.3, 0.4) is 0 Å². The molecule has 0 amide bonds. The van der Waals surface area contributed by atoms with Crippen LogP contribution in [0.2, 0.25) is 5.02 Å². The lowest BCUT2D eigenvalue weighted by Gasteiger charge is -2.15. The molecule has 0 radical (unpaired) electrons. The predicted molar refractivity (Wildman–Crippen MR) is 58.7 cm³/mol. The number of halogens is 1. The van der Waals surface area contributed by atoms with Crippen LogP contribution in [0.15, 0.2) is 12.3 Å². The number of pyridine rings is 1. The highest BCUT2D eigenvalue weighted by Gasteiger charge is 2.10. The standard InChI is InChI=1S/C10H12ClN3O/c1-2-8(6-15)14-10-9(11)7(5-12)3-4-13-10/h3-4,8,15H,2,6H2,1H3,(H,13,14). The maximum Gasteiger partial charge on any atom is 0.146 e. The number of aliphatic hydroxyl groups is 1. The molecule has 0 bridgehead atoms. The summed E-state index contributed by atoms with van der Waals surface area (Å²) in [6.45, 7) is 1.95. The van der Waals surface area contributed by atoms with Gasteiger partial charge in [-0.15, -0.1) is 0 Å². The summed E-state index contributed by atoms with van der Waals surface area (Å²) in [5.41, 5.74) is 0.377. The van der Waals surface area contributed by atoms with Gasteiger partial charge in [-0.1, -0.05) is 18.5 Å². The third-order valence-corrected chi connectivity index (χ3v) is 2.45. The molecule has 0 aliphatic carbocycles. The van der Waals surface area contributed by atoms with E-state index in [-0.39, 0.29) is 12.6 Å². The summed E-state index contributed by atoms with van der Waals surface area (Å²) in [7, 11) is 0. The first-order chi connectivity index (χ1) is 7.22. The van der Waals surface area contributed by atoms with Gasteiger partial charge < -0.3 is 10.4 Å². The number of anilines is 1. The number of nitriles is 1. The number of hydrogen-bond acceptors (Lipinski definition) is 4. The lowest BCUT2D eigenvalue weighted by atomic mass is 10.2. The molecule has 0 spiro atoms. The van der Waals surface area contributed by atoms with Crippen LogP contribution in [0.5, 0.6) is 0 Å². The Morgan fingerprint density at radius 2 is 2.47 bits per heavy atom. The van der Waals surface area contributed by atoms with Gasteiger partial charge in [-0.3, -0.25) is 0 Å².